The summed E-state index contributed by atoms with van der Waals surface area (Å²) in [5, 5.41) is 2.54. The van der Waals surface area contributed by atoms with Gasteiger partial charge < -0.3 is 9.50 Å². The SMILES string of the molecule is CC(=O)Nc1ccc(O[SH](=O)=O)cc1. The van der Waals surface area contributed by atoms with Crippen LogP contribution in [0.2, 0.25) is 0 Å². The Labute approximate surface area is 82.9 Å². The summed E-state index contributed by atoms with van der Waals surface area (Å²) in [6.45, 7) is 1.39. The fourth-order valence-electron chi connectivity index (χ4n) is 0.888. The lowest BCUT2D eigenvalue weighted by Crippen LogP contribution is -2.05. The molecule has 5 nitrogen and oxygen atoms in total. The van der Waals surface area contributed by atoms with E-state index in [-0.39, 0.29) is 11.7 Å². The standard InChI is InChI=1S/C8H9NO4S/c1-6(10)9-7-2-4-8(5-3-7)13-14(11)12/h2-5,14H,1H3,(H,9,10). The zero-order valence-electron chi connectivity index (χ0n) is 7.39. The van der Waals surface area contributed by atoms with E-state index in [1.165, 1.54) is 19.1 Å². The number of anilines is 1. The predicted molar refractivity (Wildman–Crippen MR) is 51.7 cm³/mol. The summed E-state index contributed by atoms with van der Waals surface area (Å²) in [6.07, 6.45) is 0. The third-order valence-corrected chi connectivity index (χ3v) is 1.71. The topological polar surface area (TPSA) is 72.5 Å². The molecule has 0 fully saturated rings. The van der Waals surface area contributed by atoms with Gasteiger partial charge in [0.1, 0.15) is 5.75 Å². The van der Waals surface area contributed by atoms with Gasteiger partial charge in [-0.1, -0.05) is 0 Å². The maximum atomic E-state index is 10.6. The van der Waals surface area contributed by atoms with Crippen LogP contribution in [0.15, 0.2) is 24.3 Å². The van der Waals surface area contributed by atoms with Gasteiger partial charge in [-0.3, -0.25) is 4.79 Å². The summed E-state index contributed by atoms with van der Waals surface area (Å²) < 4.78 is 24.8. The second kappa shape index (κ2) is 4.61. The molecule has 1 aromatic carbocycles. The highest BCUT2D eigenvalue weighted by molar-refractivity contribution is 7.67. The van der Waals surface area contributed by atoms with Gasteiger partial charge in [0.25, 0.3) is 11.0 Å². The first-order valence-electron chi connectivity index (χ1n) is 3.78. The fraction of sp³-hybridized carbons (Fsp3) is 0.125. The molecule has 0 atom stereocenters. The van der Waals surface area contributed by atoms with Crippen molar-refractivity contribution in [1.82, 2.24) is 0 Å². The summed E-state index contributed by atoms with van der Waals surface area (Å²) in [4.78, 5) is 10.6. The van der Waals surface area contributed by atoms with Crippen LogP contribution in [0.4, 0.5) is 5.69 Å². The van der Waals surface area contributed by atoms with Crippen LogP contribution in [0.25, 0.3) is 0 Å². The molecule has 0 unspecified atom stereocenters. The molecule has 0 saturated heterocycles. The van der Waals surface area contributed by atoms with Crippen LogP contribution < -0.4 is 9.50 Å². The molecule has 1 aromatic rings. The second-order valence-corrected chi connectivity index (χ2v) is 3.15. The average molecular weight is 215 g/mol. The number of nitrogens with one attached hydrogen (secondary N) is 1. The third kappa shape index (κ3) is 3.44. The molecule has 1 N–H and O–H groups in total. The van der Waals surface area contributed by atoms with Gasteiger partial charge in [0.15, 0.2) is 0 Å². The highest BCUT2D eigenvalue weighted by Gasteiger charge is 1.97. The molecule has 0 bridgehead atoms. The van der Waals surface area contributed by atoms with Gasteiger partial charge >= 0.3 is 0 Å². The summed E-state index contributed by atoms with van der Waals surface area (Å²) in [6, 6.07) is 6.01. The average Bonchev–Trinajstić information content (AvgIpc) is 2.06. The van der Waals surface area contributed by atoms with E-state index in [0.29, 0.717) is 5.69 Å². The van der Waals surface area contributed by atoms with Gasteiger partial charge in [0.2, 0.25) is 5.91 Å². The Kier molecular flexibility index (Phi) is 3.47. The van der Waals surface area contributed by atoms with E-state index < -0.39 is 11.0 Å². The van der Waals surface area contributed by atoms with Crippen LogP contribution in [0.3, 0.4) is 0 Å². The van der Waals surface area contributed by atoms with Crippen molar-refractivity contribution in [2.75, 3.05) is 5.32 Å². The number of carbonyl (C=O) groups is 1. The monoisotopic (exact) mass is 215 g/mol. The zero-order chi connectivity index (χ0) is 10.6. The second-order valence-electron chi connectivity index (χ2n) is 2.52. The molecule has 14 heavy (non-hydrogen) atoms. The molecule has 0 aromatic heterocycles. The van der Waals surface area contributed by atoms with E-state index in [4.69, 9.17) is 0 Å². The van der Waals surface area contributed by atoms with Gasteiger partial charge in [0.05, 0.1) is 0 Å². The molecule has 0 spiro atoms. The first-order valence-corrected chi connectivity index (χ1v) is 4.87. The lowest BCUT2D eigenvalue weighted by atomic mass is 10.3. The summed E-state index contributed by atoms with van der Waals surface area (Å²) in [5.74, 6) is 0.0313. The van der Waals surface area contributed by atoms with E-state index in [9.17, 15) is 13.2 Å². The summed E-state index contributed by atoms with van der Waals surface area (Å²) in [7, 11) is -2.89. The van der Waals surface area contributed by atoms with Crippen LogP contribution in [-0.4, -0.2) is 14.3 Å². The van der Waals surface area contributed by atoms with Gasteiger partial charge in [-0.15, -0.1) is 0 Å². The number of hydrogen-bond donors (Lipinski definition) is 2. The molecule has 1 rings (SSSR count). The number of hydrogen-bond acceptors (Lipinski definition) is 4. The molecule has 0 radical (unpaired) electrons. The predicted octanol–water partition coefficient (Wildman–Crippen LogP) is 0.550. The normalized spacial score (nSPS) is 9.86. The van der Waals surface area contributed by atoms with E-state index in [2.05, 4.69) is 9.50 Å². The molecule has 0 aliphatic heterocycles. The van der Waals surface area contributed by atoms with Crippen molar-refractivity contribution in [3.05, 3.63) is 24.3 Å². The van der Waals surface area contributed by atoms with Crippen molar-refractivity contribution in [3.63, 3.8) is 0 Å². The van der Waals surface area contributed by atoms with Gasteiger partial charge in [-0.2, -0.15) is 8.42 Å². The fourth-order valence-corrected chi connectivity index (χ4v) is 1.18. The Morgan fingerprint density at radius 2 is 1.86 bits per heavy atom. The molecule has 0 heterocycles. The first kappa shape index (κ1) is 10.5. The van der Waals surface area contributed by atoms with Gasteiger partial charge in [0, 0.05) is 12.6 Å². The van der Waals surface area contributed by atoms with Crippen molar-refractivity contribution >= 4 is 22.6 Å². The van der Waals surface area contributed by atoms with E-state index in [1.54, 1.807) is 12.1 Å². The zero-order valence-corrected chi connectivity index (χ0v) is 8.28. The molecular weight excluding hydrogens is 206 g/mol. The van der Waals surface area contributed by atoms with Crippen molar-refractivity contribution in [3.8, 4) is 5.75 Å². The van der Waals surface area contributed by atoms with Crippen LogP contribution in [0.1, 0.15) is 6.92 Å². The minimum absolute atomic E-state index is 0.187. The Bertz CT molecular complexity index is 388. The number of rotatable bonds is 3. The molecule has 6 heteroatoms. The van der Waals surface area contributed by atoms with Crippen molar-refractivity contribution in [1.29, 1.82) is 0 Å². The van der Waals surface area contributed by atoms with Gasteiger partial charge in [-0.05, 0) is 24.3 Å². The van der Waals surface area contributed by atoms with Crippen molar-refractivity contribution in [2.24, 2.45) is 0 Å². The molecule has 76 valence electrons. The largest absolute Gasteiger partial charge is 0.384 e. The molecule has 0 aliphatic rings. The Morgan fingerprint density at radius 3 is 2.29 bits per heavy atom. The Balaban J connectivity index is 2.73. The highest BCUT2D eigenvalue weighted by Crippen LogP contribution is 2.15. The van der Waals surface area contributed by atoms with E-state index >= 15 is 0 Å². The van der Waals surface area contributed by atoms with Crippen molar-refractivity contribution < 1.29 is 17.4 Å². The maximum Gasteiger partial charge on any atom is 0.299 e. The number of benzene rings is 1. The van der Waals surface area contributed by atoms with Crippen LogP contribution in [0, 0.1) is 0 Å². The van der Waals surface area contributed by atoms with Crippen molar-refractivity contribution in [2.45, 2.75) is 6.92 Å². The smallest absolute Gasteiger partial charge is 0.299 e. The van der Waals surface area contributed by atoms with Crippen LogP contribution >= 0.6 is 0 Å². The summed E-state index contributed by atoms with van der Waals surface area (Å²) >= 11 is 0. The van der Waals surface area contributed by atoms with Crippen LogP contribution in [-0.2, 0) is 15.8 Å². The molecule has 0 saturated carbocycles. The lowest BCUT2D eigenvalue weighted by molar-refractivity contribution is -0.114. The number of amides is 1. The molecule has 1 amide bonds. The van der Waals surface area contributed by atoms with E-state index in [1.807, 2.05) is 0 Å². The van der Waals surface area contributed by atoms with E-state index in [0.717, 1.165) is 0 Å². The quantitative estimate of drug-likeness (QED) is 0.722. The lowest BCUT2D eigenvalue weighted by Gasteiger charge is -2.02. The Morgan fingerprint density at radius 1 is 1.29 bits per heavy atom. The maximum absolute atomic E-state index is 10.6. The number of thiol groups is 1. The minimum Gasteiger partial charge on any atom is -0.384 e. The summed E-state index contributed by atoms with van der Waals surface area (Å²) in [5.41, 5.74) is 0.589. The highest BCUT2D eigenvalue weighted by atomic mass is 32.2. The Hall–Kier alpha value is -1.56. The molecular formula is C8H9NO4S. The third-order valence-electron chi connectivity index (χ3n) is 1.35. The van der Waals surface area contributed by atoms with Crippen LogP contribution in [0.5, 0.6) is 5.75 Å². The minimum atomic E-state index is -2.89. The number of carbonyl (C=O) groups excluding carboxylic acids is 1. The van der Waals surface area contributed by atoms with Gasteiger partial charge in [-0.25, -0.2) is 0 Å². The molecule has 0 aliphatic carbocycles. The first-order chi connectivity index (χ1) is 6.58.